The maximum atomic E-state index is 12.3. The molecule has 2 aromatic carbocycles. The number of ketones is 1. The molecule has 0 fully saturated rings. The van der Waals surface area contributed by atoms with Gasteiger partial charge in [-0.05, 0) is 11.1 Å². The van der Waals surface area contributed by atoms with E-state index in [2.05, 4.69) is 9.58 Å². The Kier molecular flexibility index (Phi) is 5.27. The van der Waals surface area contributed by atoms with Crippen LogP contribution >= 0.6 is 0 Å². The lowest BCUT2D eigenvalue weighted by Gasteiger charge is -1.97. The van der Waals surface area contributed by atoms with Crippen molar-refractivity contribution >= 4 is 17.2 Å². The van der Waals surface area contributed by atoms with E-state index in [1.54, 1.807) is 0 Å². The van der Waals surface area contributed by atoms with E-state index in [4.69, 9.17) is 11.1 Å². The fraction of sp³-hybridized carbons (Fsp3) is 0.118. The highest BCUT2D eigenvalue weighted by Gasteiger charge is 2.32. The second-order valence-electron chi connectivity index (χ2n) is 4.75. The second kappa shape index (κ2) is 7.60. The molecule has 5 nitrogen and oxygen atoms in total. The van der Waals surface area contributed by atoms with Gasteiger partial charge in [-0.2, -0.15) is 9.58 Å². The molecule has 5 heteroatoms. The van der Waals surface area contributed by atoms with Gasteiger partial charge in [-0.15, -0.1) is 0 Å². The summed E-state index contributed by atoms with van der Waals surface area (Å²) in [4.78, 5) is 18.5. The van der Waals surface area contributed by atoms with Gasteiger partial charge in [0.05, 0.1) is 12.8 Å². The molecular formula is C17H14N4O. The van der Waals surface area contributed by atoms with Crippen molar-refractivity contribution in [3.05, 3.63) is 82.9 Å². The third-order valence-corrected chi connectivity index (χ3v) is 3.19. The van der Waals surface area contributed by atoms with Crippen LogP contribution in [0.5, 0.6) is 0 Å². The number of rotatable bonds is 6. The molecule has 0 spiro atoms. The largest absolute Gasteiger partial charge is 0.361 e. The van der Waals surface area contributed by atoms with Crippen LogP contribution in [0.4, 0.5) is 0 Å². The monoisotopic (exact) mass is 290 g/mol. The molecule has 0 saturated carbocycles. The van der Waals surface area contributed by atoms with E-state index >= 15 is 0 Å². The van der Waals surface area contributed by atoms with Gasteiger partial charge in [0.25, 0.3) is 0 Å². The summed E-state index contributed by atoms with van der Waals surface area (Å²) in [5.74, 6) is -0.572. The number of benzene rings is 2. The summed E-state index contributed by atoms with van der Waals surface area (Å²) < 4.78 is 0. The van der Waals surface area contributed by atoms with E-state index in [9.17, 15) is 4.79 Å². The van der Waals surface area contributed by atoms with Crippen molar-refractivity contribution < 1.29 is 14.4 Å². The Morgan fingerprint density at radius 2 is 1.09 bits per heavy atom. The average Bonchev–Trinajstić information content (AvgIpc) is 2.59. The first-order chi connectivity index (χ1) is 10.7. The van der Waals surface area contributed by atoms with Crippen molar-refractivity contribution in [3.63, 3.8) is 0 Å². The quantitative estimate of drug-likeness (QED) is 0.456. The van der Waals surface area contributed by atoms with Crippen LogP contribution in [0.1, 0.15) is 11.1 Å². The number of nitrogens with zero attached hydrogens (tertiary/aromatic N) is 4. The molecule has 0 atom stereocenters. The number of carbonyl (C=O) groups excluding carboxylic acids is 1. The summed E-state index contributed by atoms with van der Waals surface area (Å²) in [6.07, 6.45) is 0.341. The lowest BCUT2D eigenvalue weighted by Crippen LogP contribution is -2.29. The molecule has 22 heavy (non-hydrogen) atoms. The Bertz CT molecular complexity index is 690. The van der Waals surface area contributed by atoms with Crippen molar-refractivity contribution in [2.24, 2.45) is 0 Å². The smallest absolute Gasteiger partial charge is 0.351 e. The summed E-state index contributed by atoms with van der Waals surface area (Å²) >= 11 is 0. The van der Waals surface area contributed by atoms with Gasteiger partial charge < -0.3 is 11.1 Å². The summed E-state index contributed by atoms with van der Waals surface area (Å²) in [5.41, 5.74) is 19.7. The Labute approximate surface area is 128 Å². The van der Waals surface area contributed by atoms with E-state index in [1.807, 2.05) is 60.7 Å². The van der Waals surface area contributed by atoms with E-state index in [0.29, 0.717) is 0 Å². The fourth-order valence-electron chi connectivity index (χ4n) is 2.07. The van der Waals surface area contributed by atoms with Crippen molar-refractivity contribution in [2.45, 2.75) is 12.8 Å². The molecule has 0 aliphatic carbocycles. The molecule has 0 saturated heterocycles. The Morgan fingerprint density at radius 3 is 1.41 bits per heavy atom. The summed E-state index contributed by atoms with van der Waals surface area (Å²) in [6, 6.07) is 18.3. The van der Waals surface area contributed by atoms with Crippen LogP contribution in [-0.2, 0) is 17.6 Å². The van der Waals surface area contributed by atoms with Gasteiger partial charge in [0.1, 0.15) is 0 Å². The zero-order valence-corrected chi connectivity index (χ0v) is 11.9. The van der Waals surface area contributed by atoms with Gasteiger partial charge in [-0.25, -0.2) is 0 Å². The topological polar surface area (TPSA) is 89.9 Å². The molecule has 0 amide bonds. The third-order valence-electron chi connectivity index (χ3n) is 3.19. The van der Waals surface area contributed by atoms with Crippen molar-refractivity contribution in [1.29, 1.82) is 0 Å². The van der Waals surface area contributed by atoms with Gasteiger partial charge in [0.2, 0.25) is 0 Å². The van der Waals surface area contributed by atoms with E-state index in [-0.39, 0.29) is 24.3 Å². The molecular weight excluding hydrogens is 276 g/mol. The van der Waals surface area contributed by atoms with Crippen LogP contribution in [0.15, 0.2) is 60.7 Å². The molecule has 2 rings (SSSR count). The Morgan fingerprint density at radius 1 is 0.727 bits per heavy atom. The van der Waals surface area contributed by atoms with Gasteiger partial charge in [0.15, 0.2) is 0 Å². The zero-order valence-electron chi connectivity index (χ0n) is 11.9. The molecule has 0 heterocycles. The van der Waals surface area contributed by atoms with E-state index < -0.39 is 5.78 Å². The molecule has 0 radical (unpaired) electrons. The van der Waals surface area contributed by atoms with E-state index in [1.165, 1.54) is 0 Å². The minimum absolute atomic E-state index is 0.0602. The van der Waals surface area contributed by atoms with Crippen LogP contribution in [-0.4, -0.2) is 26.8 Å². The summed E-state index contributed by atoms with van der Waals surface area (Å²) in [5, 5.41) is 0. The van der Waals surface area contributed by atoms with Crippen LogP contribution in [0.25, 0.3) is 11.1 Å². The van der Waals surface area contributed by atoms with Gasteiger partial charge in [-0.1, -0.05) is 60.7 Å². The van der Waals surface area contributed by atoms with Crippen molar-refractivity contribution in [3.8, 4) is 0 Å². The summed E-state index contributed by atoms with van der Waals surface area (Å²) in [6.45, 7) is 0. The van der Waals surface area contributed by atoms with Gasteiger partial charge >= 0.3 is 17.2 Å². The maximum Gasteiger partial charge on any atom is 0.351 e. The highest BCUT2D eigenvalue weighted by molar-refractivity contribution is 6.64. The Hall–Kier alpha value is -3.13. The van der Waals surface area contributed by atoms with Crippen LogP contribution in [0, 0.1) is 0 Å². The maximum absolute atomic E-state index is 12.3. The van der Waals surface area contributed by atoms with Gasteiger partial charge in [-0.3, -0.25) is 4.79 Å². The first kappa shape index (κ1) is 15.3. The van der Waals surface area contributed by atoms with Crippen LogP contribution < -0.4 is 0 Å². The lowest BCUT2D eigenvalue weighted by molar-refractivity contribution is -0.116. The molecule has 0 bridgehead atoms. The van der Waals surface area contributed by atoms with Crippen molar-refractivity contribution in [1.82, 2.24) is 0 Å². The predicted molar refractivity (Wildman–Crippen MR) is 82.6 cm³/mol. The number of hydrogen-bond acceptors (Lipinski definition) is 1. The molecule has 0 N–H and O–H groups in total. The van der Waals surface area contributed by atoms with Crippen LogP contribution in [0.3, 0.4) is 0 Å². The lowest BCUT2D eigenvalue weighted by atomic mass is 9.99. The highest BCUT2D eigenvalue weighted by atomic mass is 16.1. The molecule has 0 unspecified atom stereocenters. The first-order valence-corrected chi connectivity index (χ1v) is 6.79. The minimum Gasteiger partial charge on any atom is -0.361 e. The number of hydrogen-bond donors (Lipinski definition) is 0. The molecule has 0 aliphatic heterocycles. The average molecular weight is 290 g/mol. The minimum atomic E-state index is -0.572. The predicted octanol–water partition coefficient (Wildman–Crippen LogP) is 2.38. The molecule has 108 valence electrons. The molecule has 0 aromatic heterocycles. The zero-order chi connectivity index (χ0) is 15.8. The number of carbonyl (C=O) groups is 1. The van der Waals surface area contributed by atoms with Gasteiger partial charge in [0, 0.05) is 0 Å². The SMILES string of the molecule is [N-]=[N+]=C(Cc1ccccc1)C(=O)C(Cc1ccccc1)=[N+]=[N-]. The highest BCUT2D eigenvalue weighted by Crippen LogP contribution is 2.04. The first-order valence-electron chi connectivity index (χ1n) is 6.79. The van der Waals surface area contributed by atoms with E-state index in [0.717, 1.165) is 11.1 Å². The summed E-state index contributed by atoms with van der Waals surface area (Å²) in [7, 11) is 0. The van der Waals surface area contributed by atoms with Crippen molar-refractivity contribution in [2.75, 3.05) is 0 Å². The molecule has 2 aromatic rings. The Balaban J connectivity index is 2.17. The number of Topliss-reactive ketones (excluding diaryl/α,β-unsaturated/α-hetero) is 1. The second-order valence-corrected chi connectivity index (χ2v) is 4.75. The fourth-order valence-corrected chi connectivity index (χ4v) is 2.07. The third kappa shape index (κ3) is 3.93. The molecule has 0 aliphatic rings. The normalized spacial score (nSPS) is 9.45. The standard InChI is InChI=1S/C17H14N4O/c18-20-15(11-13-7-3-1-4-8-13)17(22)16(21-19)12-14-9-5-2-6-10-14/h1-10H,11-12H2. The van der Waals surface area contributed by atoms with Crippen LogP contribution in [0.2, 0.25) is 0 Å².